The Hall–Kier alpha value is -2.08. The first-order valence-electron chi connectivity index (χ1n) is 5.47. The quantitative estimate of drug-likeness (QED) is 0.577. The van der Waals surface area contributed by atoms with E-state index in [0.717, 1.165) is 0 Å². The Balaban J connectivity index is 3.00. The van der Waals surface area contributed by atoms with Crippen LogP contribution in [0.5, 0.6) is 0 Å². The van der Waals surface area contributed by atoms with Crippen LogP contribution < -0.4 is 16.4 Å². The van der Waals surface area contributed by atoms with Gasteiger partial charge in [-0.2, -0.15) is 0 Å². The minimum atomic E-state index is -0.864. The lowest BCUT2D eigenvalue weighted by atomic mass is 10.1. The predicted molar refractivity (Wildman–Crippen MR) is 66.5 cm³/mol. The molecule has 18 heavy (non-hydrogen) atoms. The van der Waals surface area contributed by atoms with Gasteiger partial charge in [-0.15, -0.1) is 0 Å². The van der Waals surface area contributed by atoms with E-state index in [1.54, 1.807) is 29.2 Å². The van der Waals surface area contributed by atoms with Gasteiger partial charge in [0.2, 0.25) is 11.8 Å². The zero-order valence-electron chi connectivity index (χ0n) is 9.87. The topological polar surface area (TPSA) is 110 Å². The third-order valence-electron chi connectivity index (χ3n) is 2.47. The van der Waals surface area contributed by atoms with Gasteiger partial charge in [-0.05, 0) is 18.2 Å². The zero-order chi connectivity index (χ0) is 13.5. The summed E-state index contributed by atoms with van der Waals surface area (Å²) in [6.45, 7) is 0.0199. The molecule has 0 fully saturated rings. The molecule has 0 saturated carbocycles. The summed E-state index contributed by atoms with van der Waals surface area (Å²) in [6, 6.07) is 8.74. The van der Waals surface area contributed by atoms with E-state index in [1.165, 1.54) is 0 Å². The summed E-state index contributed by atoms with van der Waals surface area (Å²) in [5, 5.41) is 9.05. The van der Waals surface area contributed by atoms with Crippen molar-refractivity contribution in [3.63, 3.8) is 0 Å². The molecule has 97 valence electrons. The smallest absolute Gasteiger partial charge is 0.240 e. The number of amides is 2. The molecule has 0 saturated heterocycles. The van der Waals surface area contributed by atoms with Crippen LogP contribution in [0, 0.1) is 6.07 Å². The second-order valence-electron chi connectivity index (χ2n) is 3.76. The van der Waals surface area contributed by atoms with E-state index in [4.69, 9.17) is 16.6 Å². The van der Waals surface area contributed by atoms with Gasteiger partial charge in [0.1, 0.15) is 6.04 Å². The molecule has 1 aromatic carbocycles. The van der Waals surface area contributed by atoms with E-state index in [-0.39, 0.29) is 19.6 Å². The summed E-state index contributed by atoms with van der Waals surface area (Å²) in [5.41, 5.74) is 11.1. The number of nitrogens with two attached hydrogens (primary N) is 2. The number of carbonyl (C=O) groups excluding carboxylic acids is 2. The van der Waals surface area contributed by atoms with Crippen LogP contribution in [0.4, 0.5) is 5.69 Å². The monoisotopic (exact) mass is 250 g/mol. The van der Waals surface area contributed by atoms with Crippen molar-refractivity contribution in [3.05, 3.63) is 30.3 Å². The Kier molecular flexibility index (Phi) is 5.13. The number of anilines is 1. The van der Waals surface area contributed by atoms with Crippen LogP contribution in [0.15, 0.2) is 24.3 Å². The predicted octanol–water partition coefficient (Wildman–Crippen LogP) is -0.985. The normalized spacial score (nSPS) is 11.8. The molecule has 0 unspecified atom stereocenters. The molecule has 1 rings (SSSR count). The molecule has 5 N–H and O–H groups in total. The summed E-state index contributed by atoms with van der Waals surface area (Å²) < 4.78 is 0. The van der Waals surface area contributed by atoms with Crippen molar-refractivity contribution in [2.24, 2.45) is 11.5 Å². The fraction of sp³-hybridized carbons (Fsp3) is 0.333. The van der Waals surface area contributed by atoms with Crippen molar-refractivity contribution >= 4 is 17.5 Å². The van der Waals surface area contributed by atoms with Crippen LogP contribution in [-0.2, 0) is 9.59 Å². The molecule has 1 aromatic rings. The van der Waals surface area contributed by atoms with Gasteiger partial charge in [-0.1, -0.05) is 12.1 Å². The maximum absolute atomic E-state index is 11.4. The van der Waals surface area contributed by atoms with E-state index in [9.17, 15) is 9.59 Å². The van der Waals surface area contributed by atoms with Gasteiger partial charge in [0.25, 0.3) is 0 Å². The second kappa shape index (κ2) is 6.61. The van der Waals surface area contributed by atoms with Gasteiger partial charge in [-0.25, -0.2) is 0 Å². The zero-order valence-corrected chi connectivity index (χ0v) is 9.87. The third kappa shape index (κ3) is 3.74. The lowest BCUT2D eigenvalue weighted by Gasteiger charge is -2.30. The number of hydrogen-bond acceptors (Lipinski definition) is 4. The van der Waals surface area contributed by atoms with Crippen molar-refractivity contribution in [2.75, 3.05) is 18.1 Å². The Labute approximate surface area is 105 Å². The first-order chi connectivity index (χ1) is 8.56. The minimum Gasteiger partial charge on any atom is -0.395 e. The summed E-state index contributed by atoms with van der Waals surface area (Å²) >= 11 is 0. The van der Waals surface area contributed by atoms with E-state index >= 15 is 0 Å². The van der Waals surface area contributed by atoms with E-state index in [2.05, 4.69) is 6.07 Å². The summed E-state index contributed by atoms with van der Waals surface area (Å²) in [5.74, 6) is -1.28. The Morgan fingerprint density at radius 3 is 2.39 bits per heavy atom. The summed E-state index contributed by atoms with van der Waals surface area (Å²) in [7, 11) is 0. The van der Waals surface area contributed by atoms with Crippen LogP contribution in [-0.4, -0.2) is 36.1 Å². The Morgan fingerprint density at radius 1 is 1.33 bits per heavy atom. The molecule has 1 radical (unpaired) electrons. The van der Waals surface area contributed by atoms with Crippen molar-refractivity contribution in [2.45, 2.75) is 12.5 Å². The van der Waals surface area contributed by atoms with Crippen LogP contribution in [0.2, 0.25) is 0 Å². The molecule has 0 bridgehead atoms. The van der Waals surface area contributed by atoms with Crippen molar-refractivity contribution in [3.8, 4) is 0 Å². The molecular weight excluding hydrogens is 234 g/mol. The van der Waals surface area contributed by atoms with Gasteiger partial charge in [0.15, 0.2) is 0 Å². The molecule has 1 atom stereocenters. The van der Waals surface area contributed by atoms with Crippen molar-refractivity contribution < 1.29 is 14.7 Å². The van der Waals surface area contributed by atoms with E-state index in [1.807, 2.05) is 0 Å². The highest BCUT2D eigenvalue weighted by atomic mass is 16.3. The molecule has 2 amide bonds. The number of benzene rings is 1. The molecule has 6 heteroatoms. The standard InChI is InChI=1S/C12H16N3O3/c13-11(17)8-10(12(14)18)15(6-7-16)9-4-2-1-3-5-9/h2-5,10,16H,6-8H2,(H2,13,17)(H2,14,18)/t10-/m0/s1. The Morgan fingerprint density at radius 2 is 1.94 bits per heavy atom. The number of hydrogen-bond donors (Lipinski definition) is 3. The second-order valence-corrected chi connectivity index (χ2v) is 3.76. The number of aliphatic hydroxyl groups excluding tert-OH is 1. The highest BCUT2D eigenvalue weighted by molar-refractivity contribution is 5.89. The number of primary amides is 2. The maximum atomic E-state index is 11.4. The molecule has 0 spiro atoms. The molecule has 0 aliphatic carbocycles. The third-order valence-corrected chi connectivity index (χ3v) is 2.47. The average Bonchev–Trinajstić information content (AvgIpc) is 2.34. The highest BCUT2D eigenvalue weighted by Gasteiger charge is 2.25. The van der Waals surface area contributed by atoms with E-state index in [0.29, 0.717) is 5.69 Å². The average molecular weight is 250 g/mol. The van der Waals surface area contributed by atoms with Crippen LogP contribution in [0.25, 0.3) is 0 Å². The molecular formula is C12H16N3O3. The van der Waals surface area contributed by atoms with Gasteiger partial charge in [-0.3, -0.25) is 9.59 Å². The lowest BCUT2D eigenvalue weighted by Crippen LogP contribution is -2.48. The summed E-state index contributed by atoms with van der Waals surface area (Å²) in [6.07, 6.45) is -0.187. The van der Waals surface area contributed by atoms with Crippen LogP contribution in [0.3, 0.4) is 0 Å². The fourth-order valence-electron chi connectivity index (χ4n) is 1.70. The molecule has 0 aromatic heterocycles. The number of aliphatic hydroxyl groups is 1. The Bertz CT molecular complexity index is 408. The van der Waals surface area contributed by atoms with Crippen LogP contribution >= 0.6 is 0 Å². The van der Waals surface area contributed by atoms with Crippen molar-refractivity contribution in [1.29, 1.82) is 0 Å². The van der Waals surface area contributed by atoms with Gasteiger partial charge in [0, 0.05) is 12.2 Å². The number of rotatable bonds is 7. The maximum Gasteiger partial charge on any atom is 0.240 e. The SMILES string of the molecule is NC(=O)C[C@@H](C(N)=O)N(CCO)c1cc[c]cc1. The van der Waals surface area contributed by atoms with Gasteiger partial charge >= 0.3 is 0 Å². The molecule has 0 heterocycles. The molecule has 6 nitrogen and oxygen atoms in total. The fourth-order valence-corrected chi connectivity index (χ4v) is 1.70. The minimum absolute atomic E-state index is 0.166. The van der Waals surface area contributed by atoms with Gasteiger partial charge in [0.05, 0.1) is 13.0 Å². The highest BCUT2D eigenvalue weighted by Crippen LogP contribution is 2.17. The van der Waals surface area contributed by atoms with Crippen LogP contribution in [0.1, 0.15) is 6.42 Å². The van der Waals surface area contributed by atoms with Gasteiger partial charge < -0.3 is 21.5 Å². The largest absolute Gasteiger partial charge is 0.395 e. The molecule has 0 aliphatic rings. The lowest BCUT2D eigenvalue weighted by molar-refractivity contribution is -0.124. The number of nitrogens with zero attached hydrogens (tertiary/aromatic N) is 1. The van der Waals surface area contributed by atoms with Crippen molar-refractivity contribution in [1.82, 2.24) is 0 Å². The molecule has 0 aliphatic heterocycles. The number of carbonyl (C=O) groups is 2. The summed E-state index contributed by atoms with van der Waals surface area (Å²) in [4.78, 5) is 23.9. The first-order valence-corrected chi connectivity index (χ1v) is 5.47. The first kappa shape index (κ1) is 14.0. The van der Waals surface area contributed by atoms with E-state index < -0.39 is 17.9 Å².